The van der Waals surface area contributed by atoms with Gasteiger partial charge in [-0.15, -0.1) is 0 Å². The Bertz CT molecular complexity index is 1240. The normalized spacial score (nSPS) is 17.7. The van der Waals surface area contributed by atoms with E-state index in [0.29, 0.717) is 29.4 Å². The van der Waals surface area contributed by atoms with Gasteiger partial charge in [0, 0.05) is 37.3 Å². The van der Waals surface area contributed by atoms with E-state index in [1.165, 1.54) is 0 Å². The first kappa shape index (κ1) is 18.7. The van der Waals surface area contributed by atoms with E-state index in [2.05, 4.69) is 39.7 Å². The number of fused-ring (bicyclic) bond motifs is 3. The molecule has 0 bridgehead atoms. The molecular weight excluding hydrogens is 378 g/mol. The molecule has 3 aromatic rings. The fraction of sp³-hybridized carbons (Fsp3) is 0.333. The lowest BCUT2D eigenvalue weighted by atomic mass is 9.93. The second-order valence-corrected chi connectivity index (χ2v) is 8.42. The summed E-state index contributed by atoms with van der Waals surface area (Å²) < 4.78 is 5.53. The van der Waals surface area contributed by atoms with E-state index in [4.69, 9.17) is 4.42 Å². The standard InChI is InChI=1S/C24H25N3O3/c1-13-11-20-22(16-5-4-6-17(16)24(29)30-20)23(28)21(13)19-12-18(25-26-19)14-7-9-15(10-8-14)27(2)3/h7-11,18,25,28H,4-6,12H2,1-3H3. The van der Waals surface area contributed by atoms with Gasteiger partial charge < -0.3 is 19.8 Å². The quantitative estimate of drug-likeness (QED) is 0.651. The Balaban J connectivity index is 1.53. The van der Waals surface area contributed by atoms with E-state index < -0.39 is 0 Å². The lowest BCUT2D eigenvalue weighted by molar-refractivity contribution is 0.476. The summed E-state index contributed by atoms with van der Waals surface area (Å²) in [5.74, 6) is 0.177. The van der Waals surface area contributed by atoms with E-state index in [0.717, 1.165) is 46.5 Å². The molecule has 1 aliphatic carbocycles. The van der Waals surface area contributed by atoms with Crippen LogP contribution >= 0.6 is 0 Å². The Kier molecular flexibility index (Phi) is 4.31. The van der Waals surface area contributed by atoms with Crippen molar-refractivity contribution in [1.29, 1.82) is 0 Å². The maximum atomic E-state index is 12.3. The van der Waals surface area contributed by atoms with Crippen LogP contribution in [0.4, 0.5) is 5.69 Å². The first-order valence-electron chi connectivity index (χ1n) is 10.3. The van der Waals surface area contributed by atoms with Gasteiger partial charge >= 0.3 is 5.63 Å². The van der Waals surface area contributed by atoms with Crippen LogP contribution in [-0.2, 0) is 12.8 Å². The first-order chi connectivity index (χ1) is 14.4. The van der Waals surface area contributed by atoms with Gasteiger partial charge in [-0.05, 0) is 61.1 Å². The molecule has 0 radical (unpaired) electrons. The molecule has 0 fully saturated rings. The number of rotatable bonds is 3. The summed E-state index contributed by atoms with van der Waals surface area (Å²) in [7, 11) is 4.04. The lowest BCUT2D eigenvalue weighted by Crippen LogP contribution is -2.12. The van der Waals surface area contributed by atoms with Crippen LogP contribution in [0, 0.1) is 6.92 Å². The molecule has 6 heteroatoms. The van der Waals surface area contributed by atoms with Gasteiger partial charge in [0.15, 0.2) is 0 Å². The largest absolute Gasteiger partial charge is 0.506 e. The Morgan fingerprint density at radius 1 is 1.17 bits per heavy atom. The summed E-state index contributed by atoms with van der Waals surface area (Å²) in [6.07, 6.45) is 3.10. The van der Waals surface area contributed by atoms with E-state index in [9.17, 15) is 9.90 Å². The van der Waals surface area contributed by atoms with Gasteiger partial charge in [-0.2, -0.15) is 5.10 Å². The summed E-state index contributed by atoms with van der Waals surface area (Å²) in [4.78, 5) is 14.3. The Hall–Kier alpha value is -3.28. The van der Waals surface area contributed by atoms with Crippen molar-refractivity contribution in [3.05, 3.63) is 68.6 Å². The van der Waals surface area contributed by atoms with Gasteiger partial charge in [-0.1, -0.05) is 12.1 Å². The molecule has 1 aromatic heterocycles. The minimum atomic E-state index is -0.275. The van der Waals surface area contributed by atoms with Crippen LogP contribution in [-0.4, -0.2) is 24.9 Å². The maximum Gasteiger partial charge on any atom is 0.339 e. The maximum absolute atomic E-state index is 12.3. The fourth-order valence-electron chi connectivity index (χ4n) is 4.71. The second kappa shape index (κ2) is 6.90. The monoisotopic (exact) mass is 403 g/mol. The molecule has 1 unspecified atom stereocenters. The number of nitrogens with one attached hydrogen (secondary N) is 1. The molecule has 6 nitrogen and oxygen atoms in total. The summed E-state index contributed by atoms with van der Waals surface area (Å²) >= 11 is 0. The summed E-state index contributed by atoms with van der Waals surface area (Å²) in [6.45, 7) is 1.92. The number of phenols is 1. The van der Waals surface area contributed by atoms with E-state index in [-0.39, 0.29) is 17.4 Å². The smallest absolute Gasteiger partial charge is 0.339 e. The summed E-state index contributed by atoms with van der Waals surface area (Å²) in [5.41, 5.74) is 9.77. The minimum absolute atomic E-state index is 0.0603. The number of benzene rings is 2. The number of anilines is 1. The van der Waals surface area contributed by atoms with Crippen LogP contribution in [0.1, 0.15) is 46.7 Å². The minimum Gasteiger partial charge on any atom is -0.506 e. The molecule has 2 aliphatic rings. The molecule has 1 aliphatic heterocycles. The summed E-state index contributed by atoms with van der Waals surface area (Å²) in [6, 6.07) is 10.3. The Labute approximate surface area is 174 Å². The number of hydrogen-bond donors (Lipinski definition) is 2. The number of phenolic OH excluding ortho intramolecular Hbond substituents is 1. The van der Waals surface area contributed by atoms with Crippen molar-refractivity contribution in [3.8, 4) is 5.75 Å². The number of nitrogens with zero attached hydrogens (tertiary/aromatic N) is 2. The molecular formula is C24H25N3O3. The first-order valence-corrected chi connectivity index (χ1v) is 10.3. The van der Waals surface area contributed by atoms with E-state index >= 15 is 0 Å². The number of aromatic hydroxyl groups is 1. The number of hydrogen-bond acceptors (Lipinski definition) is 6. The van der Waals surface area contributed by atoms with Crippen molar-refractivity contribution >= 4 is 22.4 Å². The molecule has 0 spiro atoms. The van der Waals surface area contributed by atoms with Crippen molar-refractivity contribution in [1.82, 2.24) is 5.43 Å². The molecule has 1 atom stereocenters. The Morgan fingerprint density at radius 2 is 1.90 bits per heavy atom. The van der Waals surface area contributed by atoms with E-state index in [1.54, 1.807) is 0 Å². The van der Waals surface area contributed by atoms with Crippen LogP contribution in [0.3, 0.4) is 0 Å². The highest BCUT2D eigenvalue weighted by atomic mass is 16.4. The summed E-state index contributed by atoms with van der Waals surface area (Å²) in [5, 5.41) is 16.5. The van der Waals surface area contributed by atoms with Crippen molar-refractivity contribution in [2.75, 3.05) is 19.0 Å². The van der Waals surface area contributed by atoms with Gasteiger partial charge in [0.2, 0.25) is 0 Å². The zero-order chi connectivity index (χ0) is 21.0. The molecule has 0 amide bonds. The van der Waals surface area contributed by atoms with Crippen molar-refractivity contribution < 1.29 is 9.52 Å². The molecule has 30 heavy (non-hydrogen) atoms. The van der Waals surface area contributed by atoms with Crippen molar-refractivity contribution in [2.24, 2.45) is 5.10 Å². The SMILES string of the molecule is Cc1cc2oc(=O)c3c(c2c(O)c1C1=NNC(c2ccc(N(C)C)cc2)C1)CCC3. The molecule has 5 rings (SSSR count). The van der Waals surface area contributed by atoms with Crippen LogP contribution in [0.2, 0.25) is 0 Å². The molecule has 0 saturated heterocycles. The zero-order valence-corrected chi connectivity index (χ0v) is 17.5. The predicted molar refractivity (Wildman–Crippen MR) is 119 cm³/mol. The number of aryl methyl sites for hydroxylation is 2. The van der Waals surface area contributed by atoms with Crippen LogP contribution in [0.25, 0.3) is 11.0 Å². The number of hydrazone groups is 1. The average molecular weight is 403 g/mol. The van der Waals surface area contributed by atoms with Gasteiger partial charge in [0.05, 0.1) is 17.1 Å². The van der Waals surface area contributed by atoms with Gasteiger partial charge in [0.25, 0.3) is 0 Å². The molecule has 0 saturated carbocycles. The van der Waals surface area contributed by atoms with Gasteiger partial charge in [0.1, 0.15) is 11.3 Å². The third-order valence-corrected chi connectivity index (χ3v) is 6.28. The van der Waals surface area contributed by atoms with E-state index in [1.807, 2.05) is 27.1 Å². The topological polar surface area (TPSA) is 78.1 Å². The lowest BCUT2D eigenvalue weighted by Gasteiger charge is -2.16. The highest BCUT2D eigenvalue weighted by molar-refractivity contribution is 6.09. The second-order valence-electron chi connectivity index (χ2n) is 8.42. The molecule has 2 N–H and O–H groups in total. The highest BCUT2D eigenvalue weighted by Crippen LogP contribution is 2.39. The van der Waals surface area contributed by atoms with Crippen molar-refractivity contribution in [3.63, 3.8) is 0 Å². The predicted octanol–water partition coefficient (Wildman–Crippen LogP) is 3.80. The third kappa shape index (κ3) is 2.86. The van der Waals surface area contributed by atoms with Gasteiger partial charge in [-0.25, -0.2) is 4.79 Å². The third-order valence-electron chi connectivity index (χ3n) is 6.28. The average Bonchev–Trinajstić information content (AvgIpc) is 3.38. The van der Waals surface area contributed by atoms with Crippen LogP contribution in [0.15, 0.2) is 44.6 Å². The fourth-order valence-corrected chi connectivity index (χ4v) is 4.71. The highest BCUT2D eigenvalue weighted by Gasteiger charge is 2.28. The van der Waals surface area contributed by atoms with Crippen LogP contribution < -0.4 is 16.0 Å². The van der Waals surface area contributed by atoms with Crippen LogP contribution in [0.5, 0.6) is 5.75 Å². The van der Waals surface area contributed by atoms with Crippen molar-refractivity contribution in [2.45, 2.75) is 38.6 Å². The molecule has 2 heterocycles. The van der Waals surface area contributed by atoms with Gasteiger partial charge in [-0.3, -0.25) is 0 Å². The molecule has 2 aromatic carbocycles. The Morgan fingerprint density at radius 3 is 2.63 bits per heavy atom. The zero-order valence-electron chi connectivity index (χ0n) is 17.5. The molecule has 154 valence electrons.